The Morgan fingerprint density at radius 1 is 1.50 bits per heavy atom. The number of rotatable bonds is 4. The molecule has 0 bridgehead atoms. The summed E-state index contributed by atoms with van der Waals surface area (Å²) in [7, 11) is 0. The van der Waals surface area contributed by atoms with E-state index in [1.807, 2.05) is 25.1 Å². The lowest BCUT2D eigenvalue weighted by Crippen LogP contribution is -2.37. The van der Waals surface area contributed by atoms with E-state index in [2.05, 4.69) is 10.3 Å². The minimum atomic E-state index is -1.11. The molecule has 78 valence electrons. The van der Waals surface area contributed by atoms with Crippen LogP contribution in [0.15, 0.2) is 18.2 Å². The quantitative estimate of drug-likeness (QED) is 0.658. The molecular weight excluding hydrogens is 180 g/mol. The summed E-state index contributed by atoms with van der Waals surface area (Å²) in [6.45, 7) is 3.47. The van der Waals surface area contributed by atoms with Gasteiger partial charge >= 0.3 is 0 Å². The topological polar surface area (TPSA) is 65.4 Å². The number of hydrogen-bond donors (Lipinski definition) is 3. The van der Waals surface area contributed by atoms with Crippen LogP contribution in [-0.2, 0) is 0 Å². The molecular formula is C10H16N2O2. The lowest BCUT2D eigenvalue weighted by Gasteiger charge is -2.20. The molecule has 14 heavy (non-hydrogen) atoms. The largest absolute Gasteiger partial charge is 0.393 e. The van der Waals surface area contributed by atoms with Crippen LogP contribution >= 0.6 is 0 Å². The van der Waals surface area contributed by atoms with Gasteiger partial charge in [-0.3, -0.25) is 0 Å². The number of aliphatic hydroxyl groups excluding tert-OH is 1. The van der Waals surface area contributed by atoms with Gasteiger partial charge in [-0.25, -0.2) is 4.98 Å². The van der Waals surface area contributed by atoms with Crippen molar-refractivity contribution in [3.8, 4) is 0 Å². The van der Waals surface area contributed by atoms with Crippen LogP contribution in [0.25, 0.3) is 0 Å². The summed E-state index contributed by atoms with van der Waals surface area (Å²) >= 11 is 0. The third-order valence-corrected chi connectivity index (χ3v) is 1.88. The number of aromatic nitrogens is 1. The number of nitrogens with zero attached hydrogens (tertiary/aromatic N) is 1. The highest BCUT2D eigenvalue weighted by molar-refractivity contribution is 5.35. The number of aryl methyl sites for hydroxylation is 1. The molecule has 0 fully saturated rings. The van der Waals surface area contributed by atoms with Crippen molar-refractivity contribution in [3.05, 3.63) is 23.9 Å². The SMILES string of the molecule is Cc1cccc(NCC(C)(O)CO)n1. The van der Waals surface area contributed by atoms with Gasteiger partial charge in [-0.1, -0.05) is 6.07 Å². The van der Waals surface area contributed by atoms with Gasteiger partial charge in [0.05, 0.1) is 6.61 Å². The molecule has 1 heterocycles. The molecule has 3 N–H and O–H groups in total. The molecule has 0 aliphatic heterocycles. The summed E-state index contributed by atoms with van der Waals surface area (Å²) in [6, 6.07) is 5.61. The first-order valence-corrected chi connectivity index (χ1v) is 4.54. The maximum Gasteiger partial charge on any atom is 0.126 e. The third kappa shape index (κ3) is 3.32. The highest BCUT2D eigenvalue weighted by Crippen LogP contribution is 2.07. The Labute approximate surface area is 83.6 Å². The van der Waals surface area contributed by atoms with Crippen LogP contribution in [0.5, 0.6) is 0 Å². The van der Waals surface area contributed by atoms with Gasteiger partial charge in [0.15, 0.2) is 0 Å². The van der Waals surface area contributed by atoms with Gasteiger partial charge in [0.2, 0.25) is 0 Å². The van der Waals surface area contributed by atoms with Gasteiger partial charge in [-0.15, -0.1) is 0 Å². The highest BCUT2D eigenvalue weighted by atomic mass is 16.3. The van der Waals surface area contributed by atoms with E-state index in [4.69, 9.17) is 5.11 Å². The van der Waals surface area contributed by atoms with E-state index in [9.17, 15) is 5.11 Å². The predicted octanol–water partition coefficient (Wildman–Crippen LogP) is 0.545. The van der Waals surface area contributed by atoms with Crippen LogP contribution in [0.4, 0.5) is 5.82 Å². The third-order valence-electron chi connectivity index (χ3n) is 1.88. The molecule has 1 aromatic rings. The van der Waals surface area contributed by atoms with E-state index in [1.54, 1.807) is 6.92 Å². The first kappa shape index (κ1) is 10.9. The molecule has 0 aliphatic carbocycles. The summed E-state index contributed by atoms with van der Waals surface area (Å²) in [4.78, 5) is 4.21. The van der Waals surface area contributed by atoms with E-state index in [-0.39, 0.29) is 13.2 Å². The van der Waals surface area contributed by atoms with E-state index in [0.717, 1.165) is 5.69 Å². The number of aliphatic hydroxyl groups is 2. The molecule has 0 amide bonds. The Hall–Kier alpha value is -1.13. The standard InChI is InChI=1S/C10H16N2O2/c1-8-4-3-5-9(12-8)11-6-10(2,14)7-13/h3-5,13-14H,6-7H2,1-2H3,(H,11,12). The summed E-state index contributed by atoms with van der Waals surface area (Å²) < 4.78 is 0. The van der Waals surface area contributed by atoms with Gasteiger partial charge in [-0.05, 0) is 26.0 Å². The van der Waals surface area contributed by atoms with Crippen molar-refractivity contribution in [2.45, 2.75) is 19.4 Å². The molecule has 0 aromatic carbocycles. The first-order chi connectivity index (χ1) is 6.53. The van der Waals surface area contributed by atoms with Crippen LogP contribution in [0.1, 0.15) is 12.6 Å². The maximum atomic E-state index is 9.51. The average molecular weight is 196 g/mol. The second-order valence-corrected chi connectivity index (χ2v) is 3.67. The molecule has 0 spiro atoms. The zero-order valence-electron chi connectivity index (χ0n) is 8.49. The van der Waals surface area contributed by atoms with E-state index >= 15 is 0 Å². The minimum Gasteiger partial charge on any atom is -0.393 e. The second-order valence-electron chi connectivity index (χ2n) is 3.67. The van der Waals surface area contributed by atoms with Crippen LogP contribution in [0.3, 0.4) is 0 Å². The lowest BCUT2D eigenvalue weighted by molar-refractivity contribution is 0.0131. The molecule has 4 nitrogen and oxygen atoms in total. The lowest BCUT2D eigenvalue weighted by atomic mass is 10.1. The Bertz CT molecular complexity index is 300. The van der Waals surface area contributed by atoms with Gasteiger partial charge in [0.1, 0.15) is 11.4 Å². The Kier molecular flexibility index (Phi) is 3.43. The molecule has 0 saturated heterocycles. The highest BCUT2D eigenvalue weighted by Gasteiger charge is 2.18. The Balaban J connectivity index is 2.54. The predicted molar refractivity (Wildman–Crippen MR) is 55.2 cm³/mol. The number of pyridine rings is 1. The first-order valence-electron chi connectivity index (χ1n) is 4.54. The van der Waals surface area contributed by atoms with Crippen molar-refractivity contribution in [1.29, 1.82) is 0 Å². The second kappa shape index (κ2) is 4.39. The summed E-state index contributed by atoms with van der Waals surface area (Å²) in [5.74, 6) is 0.707. The van der Waals surface area contributed by atoms with Crippen molar-refractivity contribution in [3.63, 3.8) is 0 Å². The molecule has 1 rings (SSSR count). The van der Waals surface area contributed by atoms with Crippen molar-refractivity contribution >= 4 is 5.82 Å². The van der Waals surface area contributed by atoms with E-state index < -0.39 is 5.60 Å². The molecule has 0 saturated carbocycles. The van der Waals surface area contributed by atoms with Crippen LogP contribution in [0, 0.1) is 6.92 Å². The Morgan fingerprint density at radius 2 is 2.21 bits per heavy atom. The van der Waals surface area contributed by atoms with Crippen molar-refractivity contribution in [2.75, 3.05) is 18.5 Å². The van der Waals surface area contributed by atoms with Gasteiger partial charge in [0.25, 0.3) is 0 Å². The van der Waals surface area contributed by atoms with Gasteiger partial charge < -0.3 is 15.5 Å². The Morgan fingerprint density at radius 3 is 2.79 bits per heavy atom. The van der Waals surface area contributed by atoms with Gasteiger partial charge in [0, 0.05) is 12.2 Å². The monoisotopic (exact) mass is 196 g/mol. The maximum absolute atomic E-state index is 9.51. The number of nitrogens with one attached hydrogen (secondary N) is 1. The normalized spacial score (nSPS) is 14.9. The van der Waals surface area contributed by atoms with Crippen molar-refractivity contribution in [2.24, 2.45) is 0 Å². The summed E-state index contributed by atoms with van der Waals surface area (Å²) in [5, 5.41) is 21.3. The molecule has 1 unspecified atom stereocenters. The number of hydrogen-bond acceptors (Lipinski definition) is 4. The molecule has 0 radical (unpaired) electrons. The van der Waals surface area contributed by atoms with E-state index in [0.29, 0.717) is 5.82 Å². The molecule has 1 atom stereocenters. The smallest absolute Gasteiger partial charge is 0.126 e. The van der Waals surface area contributed by atoms with Crippen LogP contribution in [-0.4, -0.2) is 33.9 Å². The fourth-order valence-electron chi connectivity index (χ4n) is 0.978. The van der Waals surface area contributed by atoms with Crippen molar-refractivity contribution < 1.29 is 10.2 Å². The fourth-order valence-corrected chi connectivity index (χ4v) is 0.978. The van der Waals surface area contributed by atoms with Crippen LogP contribution in [0.2, 0.25) is 0 Å². The van der Waals surface area contributed by atoms with Gasteiger partial charge in [-0.2, -0.15) is 0 Å². The number of anilines is 1. The summed E-state index contributed by atoms with van der Waals surface area (Å²) in [6.07, 6.45) is 0. The average Bonchev–Trinajstić information content (AvgIpc) is 2.15. The zero-order chi connectivity index (χ0) is 10.6. The fraction of sp³-hybridized carbons (Fsp3) is 0.500. The zero-order valence-corrected chi connectivity index (χ0v) is 8.49. The summed E-state index contributed by atoms with van der Waals surface area (Å²) in [5.41, 5.74) is -0.190. The molecule has 4 heteroatoms. The van der Waals surface area contributed by atoms with Crippen molar-refractivity contribution in [1.82, 2.24) is 4.98 Å². The minimum absolute atomic E-state index is 0.272. The van der Waals surface area contributed by atoms with Crippen LogP contribution < -0.4 is 5.32 Å². The molecule has 1 aromatic heterocycles. The van der Waals surface area contributed by atoms with E-state index in [1.165, 1.54) is 0 Å². The molecule has 0 aliphatic rings.